The lowest BCUT2D eigenvalue weighted by Gasteiger charge is -2.05. The van der Waals surface area contributed by atoms with E-state index in [9.17, 15) is 8.42 Å². The molecule has 86 valence electrons. The summed E-state index contributed by atoms with van der Waals surface area (Å²) < 4.78 is 26.6. The van der Waals surface area contributed by atoms with Gasteiger partial charge in [0.05, 0.1) is 0 Å². The Balaban J connectivity index is 2.17. The molecule has 0 amide bonds. The summed E-state index contributed by atoms with van der Waals surface area (Å²) in [6.07, 6.45) is 0.864. The minimum atomic E-state index is -3.44. The molecule has 1 fully saturated rings. The summed E-state index contributed by atoms with van der Waals surface area (Å²) in [6, 6.07) is 4.95. The maximum absolute atomic E-state index is 11.9. The minimum Gasteiger partial charge on any atom is -0.207 e. The van der Waals surface area contributed by atoms with Crippen LogP contribution in [-0.4, -0.2) is 14.5 Å². The van der Waals surface area contributed by atoms with Crippen molar-refractivity contribution in [3.05, 3.63) is 17.0 Å². The summed E-state index contributed by atoms with van der Waals surface area (Å²) in [7, 11) is -3.44. The molecule has 1 aliphatic carbocycles. The van der Waals surface area contributed by atoms with E-state index in [4.69, 9.17) is 5.26 Å². The van der Waals surface area contributed by atoms with Gasteiger partial charge in [-0.15, -0.1) is 11.3 Å². The molecule has 0 aromatic carbocycles. The molecule has 0 saturated heterocycles. The van der Waals surface area contributed by atoms with E-state index < -0.39 is 10.0 Å². The van der Waals surface area contributed by atoms with Crippen LogP contribution in [0.4, 0.5) is 0 Å². The highest BCUT2D eigenvalue weighted by atomic mass is 32.2. The van der Waals surface area contributed by atoms with E-state index in [2.05, 4.69) is 4.72 Å². The van der Waals surface area contributed by atoms with Crippen molar-refractivity contribution in [3.63, 3.8) is 0 Å². The van der Waals surface area contributed by atoms with Gasteiger partial charge in [0.1, 0.15) is 15.2 Å². The van der Waals surface area contributed by atoms with Crippen LogP contribution in [0.2, 0.25) is 0 Å². The zero-order chi connectivity index (χ0) is 12.0. The fourth-order valence-corrected chi connectivity index (χ4v) is 3.97. The SMILES string of the molecule is CC1(C)CC1NS(=O)(=O)c1ccc(C#N)s1. The van der Waals surface area contributed by atoms with Crippen LogP contribution in [0.15, 0.2) is 16.3 Å². The monoisotopic (exact) mass is 256 g/mol. The van der Waals surface area contributed by atoms with Gasteiger partial charge in [0, 0.05) is 6.04 Å². The lowest BCUT2D eigenvalue weighted by Crippen LogP contribution is -2.27. The van der Waals surface area contributed by atoms with E-state index in [1.165, 1.54) is 12.1 Å². The van der Waals surface area contributed by atoms with Gasteiger partial charge in [-0.2, -0.15) is 5.26 Å². The molecule has 2 rings (SSSR count). The molecule has 1 unspecified atom stereocenters. The van der Waals surface area contributed by atoms with Gasteiger partial charge in [-0.25, -0.2) is 13.1 Å². The van der Waals surface area contributed by atoms with Crippen molar-refractivity contribution in [3.8, 4) is 6.07 Å². The normalized spacial score (nSPS) is 22.7. The number of nitrogens with one attached hydrogen (secondary N) is 1. The second-order valence-electron chi connectivity index (χ2n) is 4.60. The average Bonchev–Trinajstić information content (AvgIpc) is 2.68. The molecule has 1 aliphatic rings. The van der Waals surface area contributed by atoms with Gasteiger partial charge in [-0.05, 0) is 24.0 Å². The van der Waals surface area contributed by atoms with E-state index in [0.717, 1.165) is 17.8 Å². The maximum Gasteiger partial charge on any atom is 0.250 e. The number of thiophene rings is 1. The van der Waals surface area contributed by atoms with Crippen molar-refractivity contribution in [2.75, 3.05) is 0 Å². The molecule has 0 radical (unpaired) electrons. The van der Waals surface area contributed by atoms with Crippen molar-refractivity contribution in [1.82, 2.24) is 4.72 Å². The molecule has 1 saturated carbocycles. The summed E-state index contributed by atoms with van der Waals surface area (Å²) in [4.78, 5) is 0.412. The van der Waals surface area contributed by atoms with Crippen LogP contribution in [0, 0.1) is 16.7 Å². The molecule has 1 aromatic heterocycles. The largest absolute Gasteiger partial charge is 0.250 e. The first kappa shape index (κ1) is 11.6. The fraction of sp³-hybridized carbons (Fsp3) is 0.500. The molecule has 1 heterocycles. The second-order valence-corrected chi connectivity index (χ2v) is 7.62. The zero-order valence-electron chi connectivity index (χ0n) is 9.02. The van der Waals surface area contributed by atoms with Gasteiger partial charge in [0.2, 0.25) is 10.0 Å². The Bertz CT molecular complexity index is 552. The Labute approximate surface area is 99.0 Å². The Morgan fingerprint density at radius 1 is 1.56 bits per heavy atom. The predicted molar refractivity (Wildman–Crippen MR) is 61.5 cm³/mol. The van der Waals surface area contributed by atoms with E-state index in [-0.39, 0.29) is 15.7 Å². The highest BCUT2D eigenvalue weighted by molar-refractivity contribution is 7.91. The predicted octanol–water partition coefficient (Wildman–Crippen LogP) is 1.70. The Morgan fingerprint density at radius 2 is 2.19 bits per heavy atom. The number of nitriles is 1. The smallest absolute Gasteiger partial charge is 0.207 e. The number of rotatable bonds is 3. The number of hydrogen-bond donors (Lipinski definition) is 1. The molecule has 1 atom stereocenters. The van der Waals surface area contributed by atoms with Gasteiger partial charge in [-0.3, -0.25) is 0 Å². The first-order chi connectivity index (χ1) is 7.35. The summed E-state index contributed by atoms with van der Waals surface area (Å²) in [5.41, 5.74) is 0.0579. The number of sulfonamides is 1. The lowest BCUT2D eigenvalue weighted by molar-refractivity contribution is 0.556. The van der Waals surface area contributed by atoms with Gasteiger partial charge >= 0.3 is 0 Å². The van der Waals surface area contributed by atoms with Crippen molar-refractivity contribution in [2.45, 2.75) is 30.5 Å². The second kappa shape index (κ2) is 3.55. The van der Waals surface area contributed by atoms with E-state index >= 15 is 0 Å². The van der Waals surface area contributed by atoms with Crippen LogP contribution in [0.25, 0.3) is 0 Å². The highest BCUT2D eigenvalue weighted by Crippen LogP contribution is 2.45. The zero-order valence-corrected chi connectivity index (χ0v) is 10.7. The standard InChI is InChI=1S/C10H12N2O2S2/c1-10(2)5-8(10)12-16(13,14)9-4-3-7(6-11)15-9/h3-4,8,12H,5H2,1-2H3. The Hall–Kier alpha value is -0.900. The first-order valence-electron chi connectivity index (χ1n) is 4.87. The van der Waals surface area contributed by atoms with Crippen LogP contribution < -0.4 is 4.72 Å². The van der Waals surface area contributed by atoms with Gasteiger partial charge in [0.25, 0.3) is 0 Å². The van der Waals surface area contributed by atoms with Gasteiger partial charge in [-0.1, -0.05) is 13.8 Å². The third-order valence-corrected chi connectivity index (χ3v) is 5.72. The summed E-state index contributed by atoms with van der Waals surface area (Å²) >= 11 is 0.998. The number of nitrogens with zero attached hydrogens (tertiary/aromatic N) is 1. The summed E-state index contributed by atoms with van der Waals surface area (Å²) in [5, 5.41) is 8.64. The van der Waals surface area contributed by atoms with Crippen LogP contribution >= 0.6 is 11.3 Å². The molecule has 4 nitrogen and oxygen atoms in total. The fourth-order valence-electron chi connectivity index (χ4n) is 1.44. The van der Waals surface area contributed by atoms with Crippen molar-refractivity contribution in [2.24, 2.45) is 5.41 Å². The van der Waals surface area contributed by atoms with Crippen LogP contribution in [0.1, 0.15) is 25.1 Å². The Morgan fingerprint density at radius 3 is 2.62 bits per heavy atom. The molecule has 0 bridgehead atoms. The maximum atomic E-state index is 11.9. The van der Waals surface area contributed by atoms with Gasteiger partial charge < -0.3 is 0 Å². The summed E-state index contributed by atoms with van der Waals surface area (Å²) in [5.74, 6) is 0. The highest BCUT2D eigenvalue weighted by Gasteiger charge is 2.48. The molecule has 0 spiro atoms. The molecule has 1 N–H and O–H groups in total. The van der Waals surface area contributed by atoms with E-state index in [1.807, 2.05) is 19.9 Å². The molecule has 1 aromatic rings. The van der Waals surface area contributed by atoms with Crippen LogP contribution in [0.5, 0.6) is 0 Å². The Kier molecular flexibility index (Phi) is 2.57. The molecular formula is C10H12N2O2S2. The lowest BCUT2D eigenvalue weighted by atomic mass is 10.2. The minimum absolute atomic E-state index is 0.0186. The number of hydrogen-bond acceptors (Lipinski definition) is 4. The molecule has 16 heavy (non-hydrogen) atoms. The van der Waals surface area contributed by atoms with Crippen LogP contribution in [0.3, 0.4) is 0 Å². The topological polar surface area (TPSA) is 70.0 Å². The average molecular weight is 256 g/mol. The molecule has 0 aliphatic heterocycles. The molecular weight excluding hydrogens is 244 g/mol. The van der Waals surface area contributed by atoms with E-state index in [1.54, 1.807) is 0 Å². The quantitative estimate of drug-likeness (QED) is 0.894. The summed E-state index contributed by atoms with van der Waals surface area (Å²) in [6.45, 7) is 4.05. The van der Waals surface area contributed by atoms with Crippen LogP contribution in [-0.2, 0) is 10.0 Å². The third kappa shape index (κ3) is 2.12. The third-order valence-electron chi connectivity index (χ3n) is 2.77. The molecule has 6 heteroatoms. The van der Waals surface area contributed by atoms with Crippen molar-refractivity contribution >= 4 is 21.4 Å². The van der Waals surface area contributed by atoms with Crippen molar-refractivity contribution < 1.29 is 8.42 Å². The van der Waals surface area contributed by atoms with E-state index in [0.29, 0.717) is 4.88 Å². The van der Waals surface area contributed by atoms with Gasteiger partial charge in [0.15, 0.2) is 0 Å². The van der Waals surface area contributed by atoms with Crippen molar-refractivity contribution in [1.29, 1.82) is 5.26 Å². The first-order valence-corrected chi connectivity index (χ1v) is 7.17.